The van der Waals surface area contributed by atoms with Crippen LogP contribution in [0.1, 0.15) is 23.4 Å². The summed E-state index contributed by atoms with van der Waals surface area (Å²) in [6.45, 7) is 1.11. The maximum atomic E-state index is 12.5. The Labute approximate surface area is 150 Å². The Bertz CT molecular complexity index is 850. The average Bonchev–Trinajstić information content (AvgIpc) is 3.04. The Morgan fingerprint density at radius 2 is 1.88 bits per heavy atom. The number of urea groups is 1. The third kappa shape index (κ3) is 3.63. The molecule has 3 amide bonds. The number of carboxylic acid groups (broad SMARTS) is 1. The van der Waals surface area contributed by atoms with E-state index in [4.69, 9.17) is 9.52 Å². The molecule has 2 aromatic rings. The molecule has 26 heavy (non-hydrogen) atoms. The fourth-order valence-electron chi connectivity index (χ4n) is 3.09. The molecule has 3 rings (SSSR count). The number of likely N-dealkylation sites (tertiary alicyclic amines) is 1. The zero-order chi connectivity index (χ0) is 18.8. The van der Waals surface area contributed by atoms with Crippen LogP contribution >= 0.6 is 0 Å². The molecular formula is C18H21N3O5. The van der Waals surface area contributed by atoms with E-state index in [9.17, 15) is 14.4 Å². The molecule has 0 spiro atoms. The van der Waals surface area contributed by atoms with Crippen molar-refractivity contribution < 1.29 is 23.9 Å². The summed E-state index contributed by atoms with van der Waals surface area (Å²) in [5.74, 6) is -1.52. The highest BCUT2D eigenvalue weighted by Crippen LogP contribution is 2.25. The number of carboxylic acids is 1. The van der Waals surface area contributed by atoms with E-state index in [1.54, 1.807) is 37.2 Å². The summed E-state index contributed by atoms with van der Waals surface area (Å²) in [6, 6.07) is 6.39. The van der Waals surface area contributed by atoms with Crippen molar-refractivity contribution in [2.24, 2.45) is 5.92 Å². The van der Waals surface area contributed by atoms with Gasteiger partial charge in [0.15, 0.2) is 0 Å². The molecule has 8 heteroatoms. The van der Waals surface area contributed by atoms with Gasteiger partial charge in [0.1, 0.15) is 5.58 Å². The Morgan fingerprint density at radius 1 is 1.19 bits per heavy atom. The topological polar surface area (TPSA) is 103 Å². The van der Waals surface area contributed by atoms with Crippen molar-refractivity contribution in [1.82, 2.24) is 9.80 Å². The maximum absolute atomic E-state index is 12.5. The first kappa shape index (κ1) is 17.8. The molecule has 1 fully saturated rings. The molecule has 0 atom stereocenters. The van der Waals surface area contributed by atoms with Crippen molar-refractivity contribution in [3.63, 3.8) is 0 Å². The fourth-order valence-corrected chi connectivity index (χ4v) is 3.09. The highest BCUT2D eigenvalue weighted by Gasteiger charge is 2.28. The zero-order valence-corrected chi connectivity index (χ0v) is 14.7. The molecule has 0 bridgehead atoms. The highest BCUT2D eigenvalue weighted by atomic mass is 16.4. The summed E-state index contributed by atoms with van der Waals surface area (Å²) >= 11 is 0. The van der Waals surface area contributed by atoms with Gasteiger partial charge in [-0.25, -0.2) is 9.59 Å². The number of rotatable bonds is 3. The smallest absolute Gasteiger partial charge is 0.371 e. The van der Waals surface area contributed by atoms with Crippen LogP contribution < -0.4 is 5.32 Å². The molecule has 0 unspecified atom stereocenters. The van der Waals surface area contributed by atoms with Gasteiger partial charge in [-0.3, -0.25) is 4.79 Å². The van der Waals surface area contributed by atoms with Crippen molar-refractivity contribution in [2.45, 2.75) is 12.8 Å². The van der Waals surface area contributed by atoms with E-state index in [-0.39, 0.29) is 23.6 Å². The fraction of sp³-hybridized carbons (Fsp3) is 0.389. The quantitative estimate of drug-likeness (QED) is 0.876. The van der Waals surface area contributed by atoms with Gasteiger partial charge in [-0.15, -0.1) is 0 Å². The van der Waals surface area contributed by atoms with E-state index < -0.39 is 5.97 Å². The monoisotopic (exact) mass is 359 g/mol. The molecular weight excluding hydrogens is 338 g/mol. The van der Waals surface area contributed by atoms with Crippen LogP contribution in [0.3, 0.4) is 0 Å². The first-order chi connectivity index (χ1) is 12.3. The molecule has 1 saturated heterocycles. The summed E-state index contributed by atoms with van der Waals surface area (Å²) in [4.78, 5) is 38.7. The largest absolute Gasteiger partial charge is 0.475 e. The summed E-state index contributed by atoms with van der Waals surface area (Å²) < 4.78 is 5.21. The van der Waals surface area contributed by atoms with Crippen LogP contribution in [-0.2, 0) is 4.79 Å². The van der Waals surface area contributed by atoms with E-state index >= 15 is 0 Å². The molecule has 2 heterocycles. The second-order valence-electron chi connectivity index (χ2n) is 6.60. The van der Waals surface area contributed by atoms with Crippen molar-refractivity contribution in [1.29, 1.82) is 0 Å². The minimum absolute atomic E-state index is 0.0384. The number of nitrogens with zero attached hydrogens (tertiary/aromatic N) is 2. The van der Waals surface area contributed by atoms with E-state index in [0.29, 0.717) is 42.6 Å². The standard InChI is InChI=1S/C18H21N3O5/c1-20(2)18(25)21-7-5-11(6-8-21)16(22)19-13-3-4-14-12(9-13)10-15(26-14)17(23)24/h3-4,9-11H,5-8H2,1-2H3,(H,19,22)(H,23,24). The number of amides is 3. The van der Waals surface area contributed by atoms with Gasteiger partial charge < -0.3 is 24.6 Å². The van der Waals surface area contributed by atoms with Crippen LogP contribution in [0.2, 0.25) is 0 Å². The number of aromatic carboxylic acids is 1. The molecule has 0 saturated carbocycles. The Kier molecular flexibility index (Phi) is 4.83. The summed E-state index contributed by atoms with van der Waals surface area (Å²) in [7, 11) is 3.42. The highest BCUT2D eigenvalue weighted by molar-refractivity contribution is 5.96. The Morgan fingerprint density at radius 3 is 2.50 bits per heavy atom. The molecule has 138 valence electrons. The minimum Gasteiger partial charge on any atom is -0.475 e. The number of hydrogen-bond acceptors (Lipinski definition) is 4. The lowest BCUT2D eigenvalue weighted by molar-refractivity contribution is -0.121. The average molecular weight is 359 g/mol. The van der Waals surface area contributed by atoms with Crippen LogP contribution in [0.5, 0.6) is 0 Å². The molecule has 8 nitrogen and oxygen atoms in total. The van der Waals surface area contributed by atoms with E-state index in [1.165, 1.54) is 11.0 Å². The number of hydrogen-bond donors (Lipinski definition) is 2. The van der Waals surface area contributed by atoms with E-state index in [1.807, 2.05) is 0 Å². The molecule has 1 aromatic heterocycles. The van der Waals surface area contributed by atoms with Gasteiger partial charge in [0.2, 0.25) is 11.7 Å². The number of carbonyl (C=O) groups excluding carboxylic acids is 2. The van der Waals surface area contributed by atoms with Crippen molar-refractivity contribution in [2.75, 3.05) is 32.5 Å². The van der Waals surface area contributed by atoms with Crippen LogP contribution in [0, 0.1) is 5.92 Å². The predicted molar refractivity (Wildman–Crippen MR) is 95.2 cm³/mol. The van der Waals surface area contributed by atoms with Crippen LogP contribution in [0.25, 0.3) is 11.0 Å². The lowest BCUT2D eigenvalue weighted by Gasteiger charge is -2.33. The Balaban J connectivity index is 1.62. The van der Waals surface area contributed by atoms with Crippen LogP contribution in [0.4, 0.5) is 10.5 Å². The number of piperidine rings is 1. The van der Waals surface area contributed by atoms with Gasteiger partial charge in [0.25, 0.3) is 0 Å². The van der Waals surface area contributed by atoms with Crippen molar-refractivity contribution in [3.8, 4) is 0 Å². The normalized spacial score (nSPS) is 15.1. The number of nitrogens with one attached hydrogen (secondary N) is 1. The van der Waals surface area contributed by atoms with Gasteiger partial charge in [-0.05, 0) is 37.1 Å². The third-order valence-electron chi connectivity index (χ3n) is 4.51. The van der Waals surface area contributed by atoms with Gasteiger partial charge in [-0.2, -0.15) is 0 Å². The SMILES string of the molecule is CN(C)C(=O)N1CCC(C(=O)Nc2ccc3oc(C(=O)O)cc3c2)CC1. The van der Waals surface area contributed by atoms with E-state index in [2.05, 4.69) is 5.32 Å². The summed E-state index contributed by atoms with van der Waals surface area (Å²) in [5, 5.41) is 12.5. The minimum atomic E-state index is -1.13. The second-order valence-corrected chi connectivity index (χ2v) is 6.60. The first-order valence-corrected chi connectivity index (χ1v) is 8.39. The summed E-state index contributed by atoms with van der Waals surface area (Å²) in [6.07, 6.45) is 1.23. The number of benzene rings is 1. The number of fused-ring (bicyclic) bond motifs is 1. The predicted octanol–water partition coefficient (Wildman–Crippen LogP) is 2.46. The molecule has 2 N–H and O–H groups in total. The number of carbonyl (C=O) groups is 3. The molecule has 1 aliphatic heterocycles. The van der Waals surface area contributed by atoms with E-state index in [0.717, 1.165) is 0 Å². The number of furan rings is 1. The third-order valence-corrected chi connectivity index (χ3v) is 4.51. The van der Waals surface area contributed by atoms with Gasteiger partial charge >= 0.3 is 12.0 Å². The van der Waals surface area contributed by atoms with Crippen molar-refractivity contribution >= 4 is 34.6 Å². The zero-order valence-electron chi connectivity index (χ0n) is 14.7. The lowest BCUT2D eigenvalue weighted by atomic mass is 9.96. The second kappa shape index (κ2) is 7.07. The maximum Gasteiger partial charge on any atom is 0.371 e. The van der Waals surface area contributed by atoms with Gasteiger partial charge in [0.05, 0.1) is 0 Å². The van der Waals surface area contributed by atoms with Crippen molar-refractivity contribution in [3.05, 3.63) is 30.0 Å². The van der Waals surface area contributed by atoms with Crippen LogP contribution in [-0.4, -0.2) is 60.0 Å². The van der Waals surface area contributed by atoms with Gasteiger partial charge in [0, 0.05) is 44.2 Å². The first-order valence-electron chi connectivity index (χ1n) is 8.39. The van der Waals surface area contributed by atoms with Crippen LogP contribution in [0.15, 0.2) is 28.7 Å². The molecule has 0 aliphatic carbocycles. The lowest BCUT2D eigenvalue weighted by Crippen LogP contribution is -2.45. The number of anilines is 1. The summed E-state index contributed by atoms with van der Waals surface area (Å²) in [5.41, 5.74) is 1.04. The molecule has 1 aromatic carbocycles. The Hall–Kier alpha value is -3.03. The molecule has 0 radical (unpaired) electrons. The molecule has 1 aliphatic rings. The van der Waals surface area contributed by atoms with Gasteiger partial charge in [-0.1, -0.05) is 0 Å².